The lowest BCUT2D eigenvalue weighted by atomic mass is 10.0. The predicted molar refractivity (Wildman–Crippen MR) is 86.0 cm³/mol. The van der Waals surface area contributed by atoms with Crippen molar-refractivity contribution in [2.75, 3.05) is 6.54 Å². The van der Waals surface area contributed by atoms with Gasteiger partial charge >= 0.3 is 5.97 Å². The van der Waals surface area contributed by atoms with Crippen molar-refractivity contribution in [3.05, 3.63) is 46.7 Å². The van der Waals surface area contributed by atoms with Crippen molar-refractivity contribution in [1.82, 2.24) is 4.90 Å². The van der Waals surface area contributed by atoms with E-state index in [4.69, 9.17) is 0 Å². The molecule has 2 heterocycles. The highest BCUT2D eigenvalue weighted by Gasteiger charge is 2.39. The van der Waals surface area contributed by atoms with Gasteiger partial charge in [0.15, 0.2) is 0 Å². The molecule has 0 spiro atoms. The molecule has 1 aromatic heterocycles. The van der Waals surface area contributed by atoms with Gasteiger partial charge in [0.05, 0.1) is 10.8 Å². The Labute approximate surface area is 133 Å². The van der Waals surface area contributed by atoms with Crippen LogP contribution in [-0.4, -0.2) is 34.5 Å². The molecule has 1 N–H and O–H groups in total. The van der Waals surface area contributed by atoms with Crippen molar-refractivity contribution in [2.45, 2.75) is 19.4 Å². The van der Waals surface area contributed by atoms with Gasteiger partial charge in [0.25, 0.3) is 5.91 Å². The average Bonchev–Trinajstić information content (AvgIpc) is 3.14. The van der Waals surface area contributed by atoms with Crippen molar-refractivity contribution >= 4 is 23.2 Å². The van der Waals surface area contributed by atoms with Crippen LogP contribution in [0.25, 0.3) is 11.1 Å². The molecule has 1 aliphatic heterocycles. The lowest BCUT2D eigenvalue weighted by Gasteiger charge is -2.23. The van der Waals surface area contributed by atoms with Crippen LogP contribution in [0.1, 0.15) is 23.0 Å². The summed E-state index contributed by atoms with van der Waals surface area (Å²) in [6, 6.07) is 11.5. The number of carboxylic acids is 1. The van der Waals surface area contributed by atoms with E-state index in [1.54, 1.807) is 4.90 Å². The van der Waals surface area contributed by atoms with Gasteiger partial charge in [0, 0.05) is 18.2 Å². The van der Waals surface area contributed by atoms with Crippen LogP contribution in [0.4, 0.5) is 0 Å². The Morgan fingerprint density at radius 3 is 2.59 bits per heavy atom. The number of amides is 1. The van der Waals surface area contributed by atoms with E-state index in [2.05, 4.69) is 0 Å². The van der Waals surface area contributed by atoms with Crippen LogP contribution in [0.5, 0.6) is 0 Å². The second kappa shape index (κ2) is 5.93. The molecule has 1 aliphatic rings. The minimum absolute atomic E-state index is 0.0647. The van der Waals surface area contributed by atoms with E-state index in [-0.39, 0.29) is 11.9 Å². The van der Waals surface area contributed by atoms with E-state index in [0.717, 1.165) is 11.1 Å². The molecule has 0 saturated carbocycles. The zero-order valence-electron chi connectivity index (χ0n) is 12.2. The summed E-state index contributed by atoms with van der Waals surface area (Å²) < 4.78 is 0. The van der Waals surface area contributed by atoms with Crippen molar-refractivity contribution in [3.63, 3.8) is 0 Å². The van der Waals surface area contributed by atoms with E-state index in [9.17, 15) is 14.7 Å². The Kier molecular flexibility index (Phi) is 3.98. The molecule has 1 fully saturated rings. The quantitative estimate of drug-likeness (QED) is 0.945. The number of likely N-dealkylation sites (tertiary alicyclic amines) is 1. The minimum atomic E-state index is -0.822. The Bertz CT molecular complexity index is 695. The SMILES string of the molecule is CC1C(C(=O)O)CCN1C(=O)c1sccc1-c1ccccc1. The van der Waals surface area contributed by atoms with E-state index in [1.165, 1.54) is 11.3 Å². The summed E-state index contributed by atoms with van der Waals surface area (Å²) in [5.41, 5.74) is 1.93. The molecule has 22 heavy (non-hydrogen) atoms. The third kappa shape index (κ3) is 2.52. The highest BCUT2D eigenvalue weighted by Crippen LogP contribution is 2.32. The van der Waals surface area contributed by atoms with Crippen LogP contribution >= 0.6 is 11.3 Å². The fraction of sp³-hybridized carbons (Fsp3) is 0.294. The van der Waals surface area contributed by atoms with Gasteiger partial charge in [0.1, 0.15) is 0 Å². The molecule has 114 valence electrons. The maximum Gasteiger partial charge on any atom is 0.308 e. The monoisotopic (exact) mass is 315 g/mol. The lowest BCUT2D eigenvalue weighted by Crippen LogP contribution is -2.37. The molecule has 0 bridgehead atoms. The Morgan fingerprint density at radius 2 is 1.95 bits per heavy atom. The number of carbonyl (C=O) groups excluding carboxylic acids is 1. The third-order valence-electron chi connectivity index (χ3n) is 4.28. The number of carbonyl (C=O) groups is 2. The number of benzene rings is 1. The molecule has 0 radical (unpaired) electrons. The van der Waals surface area contributed by atoms with E-state index < -0.39 is 11.9 Å². The smallest absolute Gasteiger partial charge is 0.308 e. The minimum Gasteiger partial charge on any atom is -0.481 e. The first-order valence-corrected chi connectivity index (χ1v) is 8.14. The van der Waals surface area contributed by atoms with Crippen LogP contribution in [0, 0.1) is 5.92 Å². The molecule has 2 atom stereocenters. The second-order valence-electron chi connectivity index (χ2n) is 5.50. The molecule has 2 unspecified atom stereocenters. The normalized spacial score (nSPS) is 21.0. The van der Waals surface area contributed by atoms with E-state index in [1.807, 2.05) is 48.7 Å². The first-order valence-electron chi connectivity index (χ1n) is 7.26. The fourth-order valence-electron chi connectivity index (χ4n) is 3.01. The van der Waals surface area contributed by atoms with Crippen LogP contribution in [0.2, 0.25) is 0 Å². The molecule has 1 amide bonds. The number of nitrogens with zero attached hydrogens (tertiary/aromatic N) is 1. The number of hydrogen-bond donors (Lipinski definition) is 1. The summed E-state index contributed by atoms with van der Waals surface area (Å²) in [6.45, 7) is 2.32. The van der Waals surface area contributed by atoms with Crippen LogP contribution in [0.3, 0.4) is 0 Å². The topological polar surface area (TPSA) is 57.6 Å². The number of aliphatic carboxylic acids is 1. The van der Waals surface area contributed by atoms with Crippen LogP contribution in [-0.2, 0) is 4.79 Å². The number of hydrogen-bond acceptors (Lipinski definition) is 3. The van der Waals surface area contributed by atoms with Gasteiger partial charge in [-0.05, 0) is 30.4 Å². The Morgan fingerprint density at radius 1 is 1.23 bits per heavy atom. The highest BCUT2D eigenvalue weighted by molar-refractivity contribution is 7.12. The molecule has 1 saturated heterocycles. The number of carboxylic acid groups (broad SMARTS) is 1. The van der Waals surface area contributed by atoms with Crippen molar-refractivity contribution < 1.29 is 14.7 Å². The summed E-state index contributed by atoms with van der Waals surface area (Å²) in [6.07, 6.45) is 0.522. The summed E-state index contributed by atoms with van der Waals surface area (Å²) in [5, 5.41) is 11.1. The van der Waals surface area contributed by atoms with Gasteiger partial charge in [-0.25, -0.2) is 0 Å². The average molecular weight is 315 g/mol. The summed E-state index contributed by atoms with van der Waals surface area (Å²) in [4.78, 5) is 26.4. The molecule has 1 aromatic carbocycles. The molecule has 5 heteroatoms. The summed E-state index contributed by atoms with van der Waals surface area (Å²) in [7, 11) is 0. The van der Waals surface area contributed by atoms with Gasteiger partial charge in [-0.15, -0.1) is 11.3 Å². The standard InChI is InChI=1S/C17H17NO3S/c1-11-13(17(20)21)7-9-18(11)16(19)15-14(8-10-22-15)12-5-3-2-4-6-12/h2-6,8,10-11,13H,7,9H2,1H3,(H,20,21). The van der Waals surface area contributed by atoms with Crippen LogP contribution in [0.15, 0.2) is 41.8 Å². The molecular formula is C17H17NO3S. The first-order chi connectivity index (χ1) is 10.6. The van der Waals surface area contributed by atoms with Gasteiger partial charge in [-0.1, -0.05) is 30.3 Å². The first kappa shape index (κ1) is 14.8. The Hall–Kier alpha value is -2.14. The maximum atomic E-state index is 12.8. The molecular weight excluding hydrogens is 298 g/mol. The van der Waals surface area contributed by atoms with Crippen molar-refractivity contribution in [2.24, 2.45) is 5.92 Å². The van der Waals surface area contributed by atoms with E-state index >= 15 is 0 Å². The lowest BCUT2D eigenvalue weighted by molar-refractivity contribution is -0.142. The molecule has 2 aromatic rings. The van der Waals surface area contributed by atoms with Gasteiger partial charge < -0.3 is 10.0 Å². The Balaban J connectivity index is 1.89. The molecule has 0 aliphatic carbocycles. The summed E-state index contributed by atoms with van der Waals surface area (Å²) in [5.74, 6) is -1.36. The van der Waals surface area contributed by atoms with Gasteiger partial charge in [0.2, 0.25) is 0 Å². The van der Waals surface area contributed by atoms with Gasteiger partial charge in [-0.3, -0.25) is 9.59 Å². The van der Waals surface area contributed by atoms with Gasteiger partial charge in [-0.2, -0.15) is 0 Å². The second-order valence-corrected chi connectivity index (χ2v) is 6.42. The summed E-state index contributed by atoms with van der Waals surface area (Å²) >= 11 is 1.41. The van der Waals surface area contributed by atoms with Crippen molar-refractivity contribution in [1.29, 1.82) is 0 Å². The van der Waals surface area contributed by atoms with Crippen molar-refractivity contribution in [3.8, 4) is 11.1 Å². The highest BCUT2D eigenvalue weighted by atomic mass is 32.1. The molecule has 4 nitrogen and oxygen atoms in total. The number of rotatable bonds is 3. The number of thiophene rings is 1. The zero-order chi connectivity index (χ0) is 15.7. The zero-order valence-corrected chi connectivity index (χ0v) is 13.0. The largest absolute Gasteiger partial charge is 0.481 e. The fourth-order valence-corrected chi connectivity index (χ4v) is 3.88. The van der Waals surface area contributed by atoms with Crippen LogP contribution < -0.4 is 0 Å². The molecule has 3 rings (SSSR count). The van der Waals surface area contributed by atoms with E-state index in [0.29, 0.717) is 17.8 Å². The predicted octanol–water partition coefficient (Wildman–Crippen LogP) is 3.35. The maximum absolute atomic E-state index is 12.8. The third-order valence-corrected chi connectivity index (χ3v) is 5.18.